The van der Waals surface area contributed by atoms with E-state index in [4.69, 9.17) is 5.73 Å². The first kappa shape index (κ1) is 11.5. The zero-order chi connectivity index (χ0) is 10.4. The average Bonchev–Trinajstić information content (AvgIpc) is 2.31. The van der Waals surface area contributed by atoms with Gasteiger partial charge < -0.3 is 16.2 Å². The van der Waals surface area contributed by atoms with Crippen molar-refractivity contribution in [3.8, 4) is 0 Å². The number of hydrogen-bond acceptors (Lipinski definition) is 3. The summed E-state index contributed by atoms with van der Waals surface area (Å²) in [6.07, 6.45) is 5.42. The number of amides is 1. The van der Waals surface area contributed by atoms with E-state index in [0.717, 1.165) is 25.7 Å². The number of primary amides is 1. The van der Waals surface area contributed by atoms with Gasteiger partial charge in [0.25, 0.3) is 0 Å². The molecular formula is C10H20N2O2. The highest BCUT2D eigenvalue weighted by Crippen LogP contribution is 2.17. The Morgan fingerprint density at radius 1 is 1.36 bits per heavy atom. The van der Waals surface area contributed by atoms with Crippen molar-refractivity contribution in [1.82, 2.24) is 5.32 Å². The lowest BCUT2D eigenvalue weighted by Gasteiger charge is -2.21. The van der Waals surface area contributed by atoms with Gasteiger partial charge in [-0.05, 0) is 12.8 Å². The number of nitrogens with one attached hydrogen (secondary N) is 1. The maximum absolute atomic E-state index is 10.5. The molecule has 1 amide bonds. The van der Waals surface area contributed by atoms with E-state index < -0.39 is 0 Å². The minimum atomic E-state index is -0.291. The Balaban J connectivity index is 2.22. The molecule has 0 aliphatic heterocycles. The summed E-state index contributed by atoms with van der Waals surface area (Å²) in [6.45, 7) is 0.580. The predicted molar refractivity (Wildman–Crippen MR) is 54.7 cm³/mol. The van der Waals surface area contributed by atoms with Crippen LogP contribution in [0.5, 0.6) is 0 Å². The monoisotopic (exact) mass is 200 g/mol. The smallest absolute Gasteiger partial charge is 0.218 e. The van der Waals surface area contributed by atoms with Crippen LogP contribution in [0.1, 0.15) is 38.5 Å². The molecule has 1 aliphatic carbocycles. The van der Waals surface area contributed by atoms with Gasteiger partial charge in [-0.3, -0.25) is 4.79 Å². The molecule has 2 unspecified atom stereocenters. The van der Waals surface area contributed by atoms with Crippen molar-refractivity contribution in [3.63, 3.8) is 0 Å². The van der Waals surface area contributed by atoms with Crippen LogP contribution >= 0.6 is 0 Å². The molecule has 2 atom stereocenters. The van der Waals surface area contributed by atoms with E-state index in [1.54, 1.807) is 0 Å². The van der Waals surface area contributed by atoms with E-state index in [0.29, 0.717) is 13.0 Å². The van der Waals surface area contributed by atoms with Crippen molar-refractivity contribution >= 4 is 5.91 Å². The molecule has 4 heteroatoms. The molecule has 0 saturated heterocycles. The first-order chi connectivity index (χ1) is 6.70. The number of aliphatic hydroxyl groups excluding tert-OH is 1. The maximum Gasteiger partial charge on any atom is 0.218 e. The predicted octanol–water partition coefficient (Wildman–Crippen LogP) is 0.145. The van der Waals surface area contributed by atoms with Crippen molar-refractivity contribution in [3.05, 3.63) is 0 Å². The number of carbonyl (C=O) groups excluding carboxylic acids is 1. The lowest BCUT2D eigenvalue weighted by atomic mass is 10.1. The molecule has 0 heterocycles. The number of nitrogens with two attached hydrogens (primary N) is 1. The summed E-state index contributed by atoms with van der Waals surface area (Å²) < 4.78 is 0. The summed E-state index contributed by atoms with van der Waals surface area (Å²) in [6, 6.07) is 0.150. The topological polar surface area (TPSA) is 75.4 Å². The first-order valence-corrected chi connectivity index (χ1v) is 5.40. The third kappa shape index (κ3) is 4.07. The molecule has 1 aliphatic rings. The van der Waals surface area contributed by atoms with Gasteiger partial charge in [-0.15, -0.1) is 0 Å². The fourth-order valence-electron chi connectivity index (χ4n) is 1.91. The highest BCUT2D eigenvalue weighted by Gasteiger charge is 2.20. The lowest BCUT2D eigenvalue weighted by Crippen LogP contribution is -2.40. The molecule has 0 aromatic rings. The summed E-state index contributed by atoms with van der Waals surface area (Å²) in [5.74, 6) is -0.291. The molecule has 1 saturated carbocycles. The summed E-state index contributed by atoms with van der Waals surface area (Å²) in [4.78, 5) is 10.5. The van der Waals surface area contributed by atoms with Crippen LogP contribution in [0, 0.1) is 0 Å². The Morgan fingerprint density at radius 2 is 2.07 bits per heavy atom. The molecule has 0 radical (unpaired) electrons. The minimum Gasteiger partial charge on any atom is -0.392 e. The molecule has 4 nitrogen and oxygen atoms in total. The molecule has 0 spiro atoms. The van der Waals surface area contributed by atoms with Gasteiger partial charge in [0.05, 0.1) is 6.10 Å². The highest BCUT2D eigenvalue weighted by molar-refractivity contribution is 5.73. The molecule has 1 rings (SSSR count). The highest BCUT2D eigenvalue weighted by atomic mass is 16.3. The van der Waals surface area contributed by atoms with E-state index in [1.165, 1.54) is 6.42 Å². The quantitative estimate of drug-likeness (QED) is 0.565. The zero-order valence-electron chi connectivity index (χ0n) is 8.54. The number of hydrogen-bond donors (Lipinski definition) is 3. The van der Waals surface area contributed by atoms with Crippen molar-refractivity contribution < 1.29 is 9.90 Å². The molecule has 4 N–H and O–H groups in total. The number of aliphatic hydroxyl groups is 1. The van der Waals surface area contributed by atoms with Crippen LogP contribution in [0.2, 0.25) is 0 Å². The van der Waals surface area contributed by atoms with Gasteiger partial charge in [0.15, 0.2) is 0 Å². The summed E-state index contributed by atoms with van der Waals surface area (Å²) >= 11 is 0. The largest absolute Gasteiger partial charge is 0.392 e. The molecular weight excluding hydrogens is 180 g/mol. The van der Waals surface area contributed by atoms with Crippen molar-refractivity contribution in [2.45, 2.75) is 50.7 Å². The van der Waals surface area contributed by atoms with E-state index in [9.17, 15) is 9.90 Å². The first-order valence-electron chi connectivity index (χ1n) is 5.40. The fraction of sp³-hybridized carbons (Fsp3) is 0.900. The van der Waals surface area contributed by atoms with E-state index in [1.807, 2.05) is 0 Å². The standard InChI is InChI=1S/C10H20N2O2/c11-10(14)6-7-12-8-4-2-1-3-5-9(8)13/h8-9,12-13H,1-7H2,(H2,11,14). The normalized spacial score (nSPS) is 28.4. The maximum atomic E-state index is 10.5. The Hall–Kier alpha value is -0.610. The molecule has 82 valence electrons. The second-order valence-electron chi connectivity index (χ2n) is 3.98. The second kappa shape index (κ2) is 5.98. The van der Waals surface area contributed by atoms with Gasteiger partial charge in [-0.1, -0.05) is 19.3 Å². The average molecular weight is 200 g/mol. The minimum absolute atomic E-state index is 0.150. The molecule has 0 aromatic carbocycles. The zero-order valence-corrected chi connectivity index (χ0v) is 8.54. The van der Waals surface area contributed by atoms with Gasteiger partial charge in [0.1, 0.15) is 0 Å². The van der Waals surface area contributed by atoms with Crippen LogP contribution in [0.3, 0.4) is 0 Å². The van der Waals surface area contributed by atoms with Gasteiger partial charge in [-0.25, -0.2) is 0 Å². The summed E-state index contributed by atoms with van der Waals surface area (Å²) in [5, 5.41) is 12.9. The Bertz CT molecular complexity index is 185. The van der Waals surface area contributed by atoms with Crippen LogP contribution in [-0.4, -0.2) is 29.7 Å². The van der Waals surface area contributed by atoms with E-state index >= 15 is 0 Å². The van der Waals surface area contributed by atoms with Crippen LogP contribution in [0.25, 0.3) is 0 Å². The van der Waals surface area contributed by atoms with Crippen molar-refractivity contribution in [2.75, 3.05) is 6.54 Å². The molecule has 1 fully saturated rings. The Labute approximate surface area is 84.9 Å². The fourth-order valence-corrected chi connectivity index (χ4v) is 1.91. The van der Waals surface area contributed by atoms with Gasteiger partial charge in [-0.2, -0.15) is 0 Å². The van der Waals surface area contributed by atoms with Crippen LogP contribution in [0.4, 0.5) is 0 Å². The van der Waals surface area contributed by atoms with E-state index in [2.05, 4.69) is 5.32 Å². The van der Waals surface area contributed by atoms with Gasteiger partial charge in [0, 0.05) is 19.0 Å². The van der Waals surface area contributed by atoms with Crippen LogP contribution in [0.15, 0.2) is 0 Å². The third-order valence-electron chi connectivity index (χ3n) is 2.76. The SMILES string of the molecule is NC(=O)CCNC1CCCCCC1O. The molecule has 0 aromatic heterocycles. The van der Waals surface area contributed by atoms with Crippen molar-refractivity contribution in [2.24, 2.45) is 5.73 Å². The van der Waals surface area contributed by atoms with Gasteiger partial charge in [0.2, 0.25) is 5.91 Å². The number of rotatable bonds is 4. The third-order valence-corrected chi connectivity index (χ3v) is 2.76. The van der Waals surface area contributed by atoms with Crippen LogP contribution in [-0.2, 0) is 4.79 Å². The second-order valence-corrected chi connectivity index (χ2v) is 3.98. The number of carbonyl (C=O) groups is 1. The van der Waals surface area contributed by atoms with Crippen molar-refractivity contribution in [1.29, 1.82) is 0 Å². The Kier molecular flexibility index (Phi) is 4.90. The lowest BCUT2D eigenvalue weighted by molar-refractivity contribution is -0.118. The van der Waals surface area contributed by atoms with E-state index in [-0.39, 0.29) is 18.1 Å². The summed E-state index contributed by atoms with van der Waals surface area (Å²) in [7, 11) is 0. The summed E-state index contributed by atoms with van der Waals surface area (Å²) in [5.41, 5.74) is 5.03. The van der Waals surface area contributed by atoms with Crippen LogP contribution < -0.4 is 11.1 Å². The van der Waals surface area contributed by atoms with Gasteiger partial charge >= 0.3 is 0 Å². The molecule has 14 heavy (non-hydrogen) atoms. The Morgan fingerprint density at radius 3 is 2.79 bits per heavy atom. The molecule has 0 bridgehead atoms.